The number of fused-ring (bicyclic) bond motifs is 1. The van der Waals surface area contributed by atoms with Crippen LogP contribution in [0.1, 0.15) is 10.5 Å². The number of methoxy groups -OCH3 is 1. The summed E-state index contributed by atoms with van der Waals surface area (Å²) in [5.41, 5.74) is 2.62. The highest BCUT2D eigenvalue weighted by Crippen LogP contribution is 2.29. The number of hydrogen-bond acceptors (Lipinski definition) is 3. The average molecular weight is 378 g/mol. The molecule has 1 amide bonds. The lowest BCUT2D eigenvalue weighted by Gasteiger charge is -2.07. The molecule has 134 valence electrons. The monoisotopic (exact) mass is 377 g/mol. The summed E-state index contributed by atoms with van der Waals surface area (Å²) < 4.78 is 5.12. The van der Waals surface area contributed by atoms with Gasteiger partial charge in [-0.05, 0) is 35.0 Å². The highest BCUT2D eigenvalue weighted by atomic mass is 35.5. The summed E-state index contributed by atoms with van der Waals surface area (Å²) in [4.78, 5) is 12.5. The number of aromatic nitrogens is 2. The number of amides is 1. The fraction of sp³-hybridized carbons (Fsp3) is 0.0476. The molecule has 0 spiro atoms. The van der Waals surface area contributed by atoms with Crippen LogP contribution in [0, 0.1) is 0 Å². The van der Waals surface area contributed by atoms with Gasteiger partial charge in [0.2, 0.25) is 0 Å². The van der Waals surface area contributed by atoms with E-state index in [1.807, 2.05) is 42.5 Å². The van der Waals surface area contributed by atoms with Crippen molar-refractivity contribution in [2.45, 2.75) is 0 Å². The molecule has 0 fully saturated rings. The van der Waals surface area contributed by atoms with Gasteiger partial charge >= 0.3 is 0 Å². The van der Waals surface area contributed by atoms with Gasteiger partial charge in [0.05, 0.1) is 17.8 Å². The normalized spacial score (nSPS) is 10.7. The average Bonchev–Trinajstić information content (AvgIpc) is 3.18. The Kier molecular flexibility index (Phi) is 4.52. The number of carbonyl (C=O) groups is 1. The summed E-state index contributed by atoms with van der Waals surface area (Å²) in [5.74, 6) is 0.254. The van der Waals surface area contributed by atoms with Crippen LogP contribution < -0.4 is 10.1 Å². The molecule has 0 bridgehead atoms. The lowest BCUT2D eigenvalue weighted by Crippen LogP contribution is -2.12. The number of ether oxygens (including phenoxy) is 1. The fourth-order valence-electron chi connectivity index (χ4n) is 2.97. The van der Waals surface area contributed by atoms with Gasteiger partial charge in [0.1, 0.15) is 11.4 Å². The Labute approximate surface area is 160 Å². The van der Waals surface area contributed by atoms with Gasteiger partial charge in [0, 0.05) is 11.3 Å². The summed E-state index contributed by atoms with van der Waals surface area (Å²) in [6.45, 7) is 0. The van der Waals surface area contributed by atoms with Gasteiger partial charge in [-0.25, -0.2) is 0 Å². The number of benzene rings is 3. The molecule has 6 heteroatoms. The molecular weight excluding hydrogens is 362 g/mol. The number of carbonyl (C=O) groups excluding carboxylic acids is 1. The lowest BCUT2D eigenvalue weighted by molar-refractivity contribution is 0.102. The van der Waals surface area contributed by atoms with E-state index < -0.39 is 0 Å². The van der Waals surface area contributed by atoms with Gasteiger partial charge < -0.3 is 10.1 Å². The molecule has 0 atom stereocenters. The van der Waals surface area contributed by atoms with Gasteiger partial charge in [-0.15, -0.1) is 0 Å². The third kappa shape index (κ3) is 3.37. The second kappa shape index (κ2) is 7.13. The maximum Gasteiger partial charge on any atom is 0.273 e. The lowest BCUT2D eigenvalue weighted by atomic mass is 10.0. The van der Waals surface area contributed by atoms with Crippen molar-refractivity contribution in [2.75, 3.05) is 12.4 Å². The first kappa shape index (κ1) is 17.1. The number of anilines is 1. The first-order valence-corrected chi connectivity index (χ1v) is 8.72. The predicted octanol–water partition coefficient (Wildman–Crippen LogP) is 5.14. The molecule has 4 rings (SSSR count). The summed E-state index contributed by atoms with van der Waals surface area (Å²) >= 11 is 6.10. The zero-order valence-electron chi connectivity index (χ0n) is 14.5. The van der Waals surface area contributed by atoms with Crippen molar-refractivity contribution in [1.29, 1.82) is 0 Å². The van der Waals surface area contributed by atoms with Gasteiger partial charge in [0.15, 0.2) is 0 Å². The van der Waals surface area contributed by atoms with E-state index in [9.17, 15) is 4.79 Å². The first-order valence-electron chi connectivity index (χ1n) is 8.34. The third-order valence-electron chi connectivity index (χ3n) is 4.30. The van der Waals surface area contributed by atoms with E-state index in [1.165, 1.54) is 0 Å². The molecule has 2 N–H and O–H groups in total. The maximum absolute atomic E-state index is 12.5. The minimum absolute atomic E-state index is 0.296. The predicted molar refractivity (Wildman–Crippen MR) is 107 cm³/mol. The van der Waals surface area contributed by atoms with E-state index >= 15 is 0 Å². The minimum Gasteiger partial charge on any atom is -0.495 e. The SMILES string of the molecule is COc1ccc(NC(=O)c2cc(-c3cccc4ccccc34)n[nH]2)cc1Cl. The second-order valence-electron chi connectivity index (χ2n) is 6.00. The van der Waals surface area contributed by atoms with Gasteiger partial charge in [-0.2, -0.15) is 5.10 Å². The molecule has 1 heterocycles. The molecule has 27 heavy (non-hydrogen) atoms. The molecule has 1 aromatic heterocycles. The minimum atomic E-state index is -0.296. The molecule has 0 saturated heterocycles. The molecule has 0 radical (unpaired) electrons. The number of hydrogen-bond donors (Lipinski definition) is 2. The number of halogens is 1. The van der Waals surface area contributed by atoms with Crippen LogP contribution in [0.4, 0.5) is 5.69 Å². The number of aromatic amines is 1. The Hall–Kier alpha value is -3.31. The van der Waals surface area contributed by atoms with Crippen LogP contribution >= 0.6 is 11.6 Å². The van der Waals surface area contributed by atoms with E-state index in [-0.39, 0.29) is 5.91 Å². The van der Waals surface area contributed by atoms with Crippen LogP contribution in [0.15, 0.2) is 66.7 Å². The zero-order chi connectivity index (χ0) is 18.8. The summed E-state index contributed by atoms with van der Waals surface area (Å²) in [5, 5.41) is 12.6. The smallest absolute Gasteiger partial charge is 0.273 e. The number of nitrogens with zero attached hydrogens (tertiary/aromatic N) is 1. The van der Waals surface area contributed by atoms with Crippen LogP contribution in [-0.4, -0.2) is 23.2 Å². The third-order valence-corrected chi connectivity index (χ3v) is 4.59. The Morgan fingerprint density at radius 1 is 1.07 bits per heavy atom. The highest BCUT2D eigenvalue weighted by molar-refractivity contribution is 6.32. The van der Waals surface area contributed by atoms with Crippen molar-refractivity contribution in [1.82, 2.24) is 10.2 Å². The molecule has 5 nitrogen and oxygen atoms in total. The van der Waals surface area contributed by atoms with E-state index in [4.69, 9.17) is 16.3 Å². The summed E-state index contributed by atoms with van der Waals surface area (Å²) in [6, 6.07) is 20.9. The Balaban J connectivity index is 1.60. The molecule has 0 unspecified atom stereocenters. The Bertz CT molecular complexity index is 1130. The molecule has 0 aliphatic carbocycles. The molecule has 0 saturated carbocycles. The standard InChI is InChI=1S/C21H16ClN3O2/c1-27-20-10-9-14(11-17(20)22)23-21(26)19-12-18(24-25-19)16-8-4-6-13-5-2-3-7-15(13)16/h2-12H,1H3,(H,23,26)(H,24,25). The molecule has 3 aromatic carbocycles. The van der Waals surface area contributed by atoms with Crippen LogP contribution in [-0.2, 0) is 0 Å². The molecule has 4 aromatic rings. The van der Waals surface area contributed by atoms with Crippen molar-refractivity contribution in [3.05, 3.63) is 77.4 Å². The topological polar surface area (TPSA) is 67.0 Å². The quantitative estimate of drug-likeness (QED) is 0.517. The molecule has 0 aliphatic rings. The summed E-state index contributed by atoms with van der Waals surface area (Å²) in [7, 11) is 1.54. The molecular formula is C21H16ClN3O2. The van der Waals surface area contributed by atoms with E-state index in [0.29, 0.717) is 27.8 Å². The van der Waals surface area contributed by atoms with E-state index in [2.05, 4.69) is 15.5 Å². The van der Waals surface area contributed by atoms with Crippen molar-refractivity contribution in [3.8, 4) is 17.0 Å². The van der Waals surface area contributed by atoms with Gasteiger partial charge in [0.25, 0.3) is 5.91 Å². The first-order chi connectivity index (χ1) is 13.2. The number of nitrogens with one attached hydrogen (secondary N) is 2. The maximum atomic E-state index is 12.5. The fourth-order valence-corrected chi connectivity index (χ4v) is 3.23. The Morgan fingerprint density at radius 2 is 1.89 bits per heavy atom. The van der Waals surface area contributed by atoms with E-state index in [1.54, 1.807) is 31.4 Å². The van der Waals surface area contributed by atoms with Gasteiger partial charge in [-0.3, -0.25) is 9.89 Å². The molecule has 0 aliphatic heterocycles. The van der Waals surface area contributed by atoms with Crippen LogP contribution in [0.2, 0.25) is 5.02 Å². The van der Waals surface area contributed by atoms with Gasteiger partial charge in [-0.1, -0.05) is 54.1 Å². The van der Waals surface area contributed by atoms with E-state index in [0.717, 1.165) is 16.3 Å². The van der Waals surface area contributed by atoms with Crippen LogP contribution in [0.25, 0.3) is 22.0 Å². The summed E-state index contributed by atoms with van der Waals surface area (Å²) in [6.07, 6.45) is 0. The largest absolute Gasteiger partial charge is 0.495 e. The zero-order valence-corrected chi connectivity index (χ0v) is 15.2. The second-order valence-corrected chi connectivity index (χ2v) is 6.40. The van der Waals surface area contributed by atoms with Crippen molar-refractivity contribution in [3.63, 3.8) is 0 Å². The van der Waals surface area contributed by atoms with Crippen molar-refractivity contribution < 1.29 is 9.53 Å². The van der Waals surface area contributed by atoms with Crippen molar-refractivity contribution >= 4 is 34.0 Å². The van der Waals surface area contributed by atoms with Crippen molar-refractivity contribution in [2.24, 2.45) is 0 Å². The van der Waals surface area contributed by atoms with Crippen LogP contribution in [0.5, 0.6) is 5.75 Å². The highest BCUT2D eigenvalue weighted by Gasteiger charge is 2.13. The number of H-pyrrole nitrogens is 1. The number of rotatable bonds is 4. The van der Waals surface area contributed by atoms with Crippen LogP contribution in [0.3, 0.4) is 0 Å². The Morgan fingerprint density at radius 3 is 2.70 bits per heavy atom.